The lowest BCUT2D eigenvalue weighted by Crippen LogP contribution is -2.43. The maximum atomic E-state index is 12.7. The van der Waals surface area contributed by atoms with Crippen LogP contribution in [0.25, 0.3) is 0 Å². The summed E-state index contributed by atoms with van der Waals surface area (Å²) in [4.78, 5) is 14.6. The first-order chi connectivity index (χ1) is 9.64. The number of alkyl halides is 3. The number of hydrogen-bond acceptors (Lipinski definition) is 4. The predicted molar refractivity (Wildman–Crippen MR) is 68.5 cm³/mol. The molecule has 0 fully saturated rings. The highest BCUT2D eigenvalue weighted by Gasteiger charge is 2.36. The second kappa shape index (κ2) is 5.99. The van der Waals surface area contributed by atoms with Crippen LogP contribution in [-0.2, 0) is 11.0 Å². The van der Waals surface area contributed by atoms with Gasteiger partial charge in [0.1, 0.15) is 23.1 Å². The molecule has 0 aliphatic heterocycles. The molecule has 1 atom stereocenters. The lowest BCUT2D eigenvalue weighted by atomic mass is 9.96. The molecular formula is C13H14F3N3O2. The van der Waals surface area contributed by atoms with Gasteiger partial charge in [-0.15, -0.1) is 0 Å². The molecular weight excluding hydrogens is 287 g/mol. The van der Waals surface area contributed by atoms with E-state index in [1.54, 1.807) is 13.0 Å². The summed E-state index contributed by atoms with van der Waals surface area (Å²) in [6, 6.07) is 3.34. The topological polar surface area (TPSA) is 86.0 Å². The van der Waals surface area contributed by atoms with E-state index in [2.05, 4.69) is 10.3 Å². The number of carboxylic acids is 1. The molecule has 8 heteroatoms. The molecule has 1 aromatic rings. The van der Waals surface area contributed by atoms with E-state index in [-0.39, 0.29) is 17.8 Å². The molecule has 0 saturated carbocycles. The van der Waals surface area contributed by atoms with Crippen LogP contribution in [0.1, 0.15) is 37.9 Å². The second-order valence-electron chi connectivity index (χ2n) is 4.71. The number of pyridine rings is 1. The zero-order valence-corrected chi connectivity index (χ0v) is 11.5. The minimum Gasteiger partial charge on any atom is -0.480 e. The van der Waals surface area contributed by atoms with Crippen molar-refractivity contribution in [2.24, 2.45) is 0 Å². The van der Waals surface area contributed by atoms with Gasteiger partial charge < -0.3 is 10.4 Å². The molecule has 5 nitrogen and oxygen atoms in total. The maximum absolute atomic E-state index is 12.7. The summed E-state index contributed by atoms with van der Waals surface area (Å²) in [5.74, 6) is -1.61. The lowest BCUT2D eigenvalue weighted by Gasteiger charge is -2.27. The Bertz CT molecular complexity index is 581. The quantitative estimate of drug-likeness (QED) is 0.873. The smallest absolute Gasteiger partial charge is 0.433 e. The fourth-order valence-corrected chi connectivity index (χ4v) is 1.79. The molecule has 0 saturated heterocycles. The number of carbonyl (C=O) groups is 1. The highest BCUT2D eigenvalue weighted by Crippen LogP contribution is 2.30. The Morgan fingerprint density at radius 2 is 2.10 bits per heavy atom. The van der Waals surface area contributed by atoms with Crippen LogP contribution in [0.3, 0.4) is 0 Å². The van der Waals surface area contributed by atoms with Gasteiger partial charge in [-0.1, -0.05) is 13.3 Å². The molecule has 1 aromatic heterocycles. The van der Waals surface area contributed by atoms with Crippen LogP contribution in [0.4, 0.5) is 19.0 Å². The van der Waals surface area contributed by atoms with Crippen molar-refractivity contribution in [1.82, 2.24) is 4.98 Å². The first-order valence-electron chi connectivity index (χ1n) is 6.14. The van der Waals surface area contributed by atoms with Gasteiger partial charge in [0.15, 0.2) is 0 Å². The summed E-state index contributed by atoms with van der Waals surface area (Å²) in [5, 5.41) is 20.6. The third-order valence-corrected chi connectivity index (χ3v) is 2.92. The van der Waals surface area contributed by atoms with Gasteiger partial charge in [0.05, 0.1) is 5.56 Å². The molecule has 2 N–H and O–H groups in total. The normalized spacial score (nSPS) is 14.1. The number of aromatic nitrogens is 1. The van der Waals surface area contributed by atoms with Crippen LogP contribution in [0.5, 0.6) is 0 Å². The van der Waals surface area contributed by atoms with Gasteiger partial charge in [0.2, 0.25) is 0 Å². The average molecular weight is 301 g/mol. The molecule has 1 rings (SSSR count). The van der Waals surface area contributed by atoms with Crippen molar-refractivity contribution in [2.45, 2.75) is 38.4 Å². The van der Waals surface area contributed by atoms with Crippen molar-refractivity contribution in [3.8, 4) is 6.07 Å². The van der Waals surface area contributed by atoms with Crippen LogP contribution < -0.4 is 5.32 Å². The number of nitriles is 1. The Morgan fingerprint density at radius 3 is 2.52 bits per heavy atom. The Labute approximate surface area is 119 Å². The first-order valence-corrected chi connectivity index (χ1v) is 6.14. The second-order valence-corrected chi connectivity index (χ2v) is 4.71. The Hall–Kier alpha value is -2.30. The van der Waals surface area contributed by atoms with Crippen LogP contribution in [0.2, 0.25) is 0 Å². The van der Waals surface area contributed by atoms with E-state index in [0.29, 0.717) is 12.5 Å². The van der Waals surface area contributed by atoms with Crippen LogP contribution >= 0.6 is 0 Å². The van der Waals surface area contributed by atoms with Crippen molar-refractivity contribution < 1.29 is 23.1 Å². The van der Waals surface area contributed by atoms with Gasteiger partial charge in [-0.2, -0.15) is 18.4 Å². The third kappa shape index (κ3) is 3.84. The molecule has 114 valence electrons. The summed E-state index contributed by atoms with van der Waals surface area (Å²) < 4.78 is 38.0. The summed E-state index contributed by atoms with van der Waals surface area (Å²) in [6.07, 6.45) is -4.00. The van der Waals surface area contributed by atoms with Crippen molar-refractivity contribution in [2.75, 3.05) is 5.32 Å². The number of nitrogens with one attached hydrogen (secondary N) is 1. The van der Waals surface area contributed by atoms with E-state index in [4.69, 9.17) is 5.26 Å². The maximum Gasteiger partial charge on any atom is 0.433 e. The number of halogens is 3. The SMILES string of the molecule is CCCC(C)(Nc1nc(C(F)(F)F)ccc1C#N)C(=O)O. The summed E-state index contributed by atoms with van der Waals surface area (Å²) in [7, 11) is 0. The van der Waals surface area contributed by atoms with Crippen molar-refractivity contribution in [3.05, 3.63) is 23.4 Å². The monoisotopic (exact) mass is 301 g/mol. The van der Waals surface area contributed by atoms with E-state index in [0.717, 1.165) is 6.07 Å². The summed E-state index contributed by atoms with van der Waals surface area (Å²) in [6.45, 7) is 3.08. The Balaban J connectivity index is 3.28. The minimum atomic E-state index is -4.67. The summed E-state index contributed by atoms with van der Waals surface area (Å²) >= 11 is 0. The van der Waals surface area contributed by atoms with E-state index in [1.807, 2.05) is 0 Å². The molecule has 0 spiro atoms. The van der Waals surface area contributed by atoms with Crippen molar-refractivity contribution in [3.63, 3.8) is 0 Å². The molecule has 0 bridgehead atoms. The standard InChI is InChI=1S/C13H14F3N3O2/c1-3-6-12(2,11(20)21)19-10-8(7-17)4-5-9(18-10)13(14,15)16/h4-5H,3,6H2,1-2H3,(H,18,19)(H,20,21). The predicted octanol–water partition coefficient (Wildman–Crippen LogP) is 3.03. The van der Waals surface area contributed by atoms with E-state index in [9.17, 15) is 23.1 Å². The number of carboxylic acid groups (broad SMARTS) is 1. The number of anilines is 1. The molecule has 21 heavy (non-hydrogen) atoms. The van der Waals surface area contributed by atoms with Crippen LogP contribution in [0, 0.1) is 11.3 Å². The van der Waals surface area contributed by atoms with Gasteiger partial charge >= 0.3 is 12.1 Å². The largest absolute Gasteiger partial charge is 0.480 e. The number of aliphatic carboxylic acids is 1. The molecule has 0 aromatic carbocycles. The molecule has 0 amide bonds. The molecule has 1 heterocycles. The van der Waals surface area contributed by atoms with E-state index >= 15 is 0 Å². The molecule has 0 radical (unpaired) electrons. The Kier molecular flexibility index (Phi) is 4.78. The Morgan fingerprint density at radius 1 is 1.48 bits per heavy atom. The number of hydrogen-bond donors (Lipinski definition) is 2. The van der Waals surface area contributed by atoms with Gasteiger partial charge in [-0.05, 0) is 25.5 Å². The fraction of sp³-hybridized carbons (Fsp3) is 0.462. The third-order valence-electron chi connectivity index (χ3n) is 2.92. The number of rotatable bonds is 5. The first kappa shape index (κ1) is 16.8. The molecule has 0 aliphatic rings. The van der Waals surface area contributed by atoms with Crippen LogP contribution in [0.15, 0.2) is 12.1 Å². The molecule has 0 aliphatic carbocycles. The van der Waals surface area contributed by atoms with Gasteiger partial charge in [-0.3, -0.25) is 0 Å². The van der Waals surface area contributed by atoms with E-state index in [1.165, 1.54) is 6.92 Å². The fourth-order valence-electron chi connectivity index (χ4n) is 1.79. The van der Waals surface area contributed by atoms with Gasteiger partial charge in [0.25, 0.3) is 0 Å². The zero-order chi connectivity index (χ0) is 16.3. The lowest BCUT2D eigenvalue weighted by molar-refractivity contribution is -0.142. The van der Waals surface area contributed by atoms with Crippen molar-refractivity contribution in [1.29, 1.82) is 5.26 Å². The summed E-state index contributed by atoms with van der Waals surface area (Å²) in [5.41, 5.74) is -2.84. The average Bonchev–Trinajstić information content (AvgIpc) is 2.37. The molecule has 1 unspecified atom stereocenters. The number of nitrogens with zero attached hydrogens (tertiary/aromatic N) is 2. The van der Waals surface area contributed by atoms with Gasteiger partial charge in [0, 0.05) is 0 Å². The zero-order valence-electron chi connectivity index (χ0n) is 11.5. The highest BCUT2D eigenvalue weighted by molar-refractivity contribution is 5.82. The van der Waals surface area contributed by atoms with Crippen LogP contribution in [-0.4, -0.2) is 21.6 Å². The highest BCUT2D eigenvalue weighted by atomic mass is 19.4. The van der Waals surface area contributed by atoms with Gasteiger partial charge in [-0.25, -0.2) is 9.78 Å². The van der Waals surface area contributed by atoms with Crippen molar-refractivity contribution >= 4 is 11.8 Å². The van der Waals surface area contributed by atoms with E-state index < -0.39 is 23.4 Å². The minimum absolute atomic E-state index is 0.147.